The minimum absolute atomic E-state index is 0.0314. The molecule has 0 atom stereocenters. The third-order valence-electron chi connectivity index (χ3n) is 5.73. The second-order valence-electron chi connectivity index (χ2n) is 8.77. The Labute approximate surface area is 215 Å². The molecule has 1 amide bonds. The van der Waals surface area contributed by atoms with Gasteiger partial charge in [-0.2, -0.15) is 13.2 Å². The van der Waals surface area contributed by atoms with Gasteiger partial charge < -0.3 is 19.2 Å². The van der Waals surface area contributed by atoms with Crippen LogP contribution >= 0.6 is 0 Å². The molecule has 0 spiro atoms. The summed E-state index contributed by atoms with van der Waals surface area (Å²) in [6.45, 7) is 2.86. The SMILES string of the molecule is [2H]C(C)(C)N(Cc1cc(C(F)(F)F)ccc1OCCCCCC(=O)O)C(=O)c1ccc(-c2ccco2)cc1. The Hall–Kier alpha value is -3.75. The van der Waals surface area contributed by atoms with Gasteiger partial charge in [-0.15, -0.1) is 0 Å². The van der Waals surface area contributed by atoms with Gasteiger partial charge >= 0.3 is 12.1 Å². The van der Waals surface area contributed by atoms with Gasteiger partial charge in [-0.1, -0.05) is 12.1 Å². The van der Waals surface area contributed by atoms with Crippen LogP contribution in [0.3, 0.4) is 0 Å². The summed E-state index contributed by atoms with van der Waals surface area (Å²) in [5.41, 5.74) is 0.249. The first kappa shape index (κ1) is 26.3. The molecule has 0 aliphatic heterocycles. The maximum Gasteiger partial charge on any atom is 0.416 e. The molecule has 0 unspecified atom stereocenters. The summed E-state index contributed by atoms with van der Waals surface area (Å²) in [6.07, 6.45) is -1.47. The number of rotatable bonds is 12. The first-order chi connectivity index (χ1) is 17.9. The summed E-state index contributed by atoms with van der Waals surface area (Å²) in [7, 11) is 0. The van der Waals surface area contributed by atoms with Crippen LogP contribution in [0.4, 0.5) is 13.2 Å². The van der Waals surface area contributed by atoms with Gasteiger partial charge in [0.05, 0.1) is 19.8 Å². The van der Waals surface area contributed by atoms with E-state index in [9.17, 15) is 22.8 Å². The lowest BCUT2D eigenvalue weighted by molar-refractivity contribution is -0.138. The normalized spacial score (nSPS) is 12.2. The summed E-state index contributed by atoms with van der Waals surface area (Å²) >= 11 is 0. The van der Waals surface area contributed by atoms with Crippen LogP contribution in [0.25, 0.3) is 11.3 Å². The Bertz CT molecular complexity index is 1220. The number of benzene rings is 2. The molecule has 0 aliphatic rings. The summed E-state index contributed by atoms with van der Waals surface area (Å²) < 4.78 is 60.1. The first-order valence-corrected chi connectivity index (χ1v) is 11.9. The van der Waals surface area contributed by atoms with Crippen LogP contribution in [-0.4, -0.2) is 34.5 Å². The minimum Gasteiger partial charge on any atom is -0.493 e. The molecule has 1 heterocycles. The predicted molar refractivity (Wildman–Crippen MR) is 132 cm³/mol. The summed E-state index contributed by atoms with van der Waals surface area (Å²) in [5, 5.41) is 8.73. The fraction of sp³-hybridized carbons (Fsp3) is 0.357. The van der Waals surface area contributed by atoms with E-state index in [2.05, 4.69) is 0 Å². The molecule has 198 valence electrons. The number of carboxylic acids is 1. The average Bonchev–Trinajstić information content (AvgIpc) is 3.38. The number of ether oxygens (including phenoxy) is 1. The van der Waals surface area contributed by atoms with Crippen molar-refractivity contribution in [1.82, 2.24) is 4.90 Å². The molecular formula is C28H30F3NO5. The van der Waals surface area contributed by atoms with Gasteiger partial charge in [-0.25, -0.2) is 0 Å². The van der Waals surface area contributed by atoms with Gasteiger partial charge in [-0.05, 0) is 75.6 Å². The maximum atomic E-state index is 13.5. The molecule has 3 aromatic rings. The van der Waals surface area contributed by atoms with Crippen LogP contribution in [0.2, 0.25) is 0 Å². The number of unbranched alkanes of at least 4 members (excludes halogenated alkanes) is 2. The van der Waals surface area contributed by atoms with Gasteiger partial charge in [0, 0.05) is 35.7 Å². The van der Waals surface area contributed by atoms with Crippen LogP contribution in [0.5, 0.6) is 5.75 Å². The van der Waals surface area contributed by atoms with Crippen LogP contribution in [0, 0.1) is 0 Å². The second-order valence-corrected chi connectivity index (χ2v) is 8.77. The lowest BCUT2D eigenvalue weighted by atomic mass is 10.1. The Balaban J connectivity index is 1.83. The quantitative estimate of drug-likeness (QED) is 0.260. The van der Waals surface area contributed by atoms with Crippen molar-refractivity contribution in [2.45, 2.75) is 58.3 Å². The molecule has 6 nitrogen and oxygen atoms in total. The number of alkyl halides is 3. The van der Waals surface area contributed by atoms with Crippen LogP contribution in [0.15, 0.2) is 65.3 Å². The Morgan fingerprint density at radius 1 is 1.08 bits per heavy atom. The van der Waals surface area contributed by atoms with Gasteiger partial charge in [0.2, 0.25) is 0 Å². The number of furan rings is 1. The molecule has 3 rings (SSSR count). The Kier molecular flexibility index (Phi) is 8.87. The number of aliphatic carboxylic acids is 1. The fourth-order valence-corrected chi connectivity index (χ4v) is 3.74. The standard InChI is InChI=1S/C28H30F3NO5/c1-19(2)32(27(35)21-11-9-20(10-12-21)24-7-6-16-37-24)18-22-17-23(28(29,30)31)13-14-25(22)36-15-5-3-4-8-26(33)34/h6-7,9-14,16-17,19H,3-5,8,15,18H2,1-2H3,(H,33,34)/i19D. The Morgan fingerprint density at radius 3 is 2.41 bits per heavy atom. The van der Waals surface area contributed by atoms with E-state index in [0.29, 0.717) is 25.0 Å². The van der Waals surface area contributed by atoms with Crippen molar-refractivity contribution in [2.24, 2.45) is 0 Å². The molecule has 0 saturated carbocycles. The third kappa shape index (κ3) is 7.87. The highest BCUT2D eigenvalue weighted by Gasteiger charge is 2.32. The van der Waals surface area contributed by atoms with E-state index < -0.39 is 29.6 Å². The zero-order valence-electron chi connectivity index (χ0n) is 21.7. The van der Waals surface area contributed by atoms with E-state index in [1.165, 1.54) is 31.1 Å². The smallest absolute Gasteiger partial charge is 0.416 e. The van der Waals surface area contributed by atoms with Crippen molar-refractivity contribution in [2.75, 3.05) is 6.61 Å². The minimum atomic E-state index is -4.60. The van der Waals surface area contributed by atoms with Crippen LogP contribution in [0.1, 0.15) is 62.4 Å². The zero-order valence-corrected chi connectivity index (χ0v) is 20.7. The highest BCUT2D eigenvalue weighted by atomic mass is 19.4. The molecule has 0 aliphatic carbocycles. The molecule has 0 saturated heterocycles. The first-order valence-electron chi connectivity index (χ1n) is 12.4. The van der Waals surface area contributed by atoms with Gasteiger partial charge in [0.25, 0.3) is 5.91 Å². The van der Waals surface area contributed by atoms with E-state index >= 15 is 0 Å². The fourth-order valence-electron chi connectivity index (χ4n) is 3.74. The van der Waals surface area contributed by atoms with E-state index in [-0.39, 0.29) is 36.4 Å². The van der Waals surface area contributed by atoms with Gasteiger partial charge in [-0.3, -0.25) is 9.59 Å². The highest BCUT2D eigenvalue weighted by Crippen LogP contribution is 2.34. The van der Waals surface area contributed by atoms with E-state index in [1.807, 2.05) is 0 Å². The predicted octanol–water partition coefficient (Wildman–Crippen LogP) is 7.04. The molecular weight excluding hydrogens is 487 g/mol. The summed E-state index contributed by atoms with van der Waals surface area (Å²) in [5.74, 6) is -0.621. The number of hydrogen-bond donors (Lipinski definition) is 1. The number of carbonyl (C=O) groups excluding carboxylic acids is 1. The number of halogens is 3. The average molecular weight is 519 g/mol. The summed E-state index contributed by atoms with van der Waals surface area (Å²) in [6, 6.07) is 11.7. The number of hydrogen-bond acceptors (Lipinski definition) is 4. The molecule has 0 fully saturated rings. The number of nitrogens with zero attached hydrogens (tertiary/aromatic N) is 1. The third-order valence-corrected chi connectivity index (χ3v) is 5.73. The maximum absolute atomic E-state index is 13.5. The van der Waals surface area contributed by atoms with Crippen LogP contribution in [-0.2, 0) is 17.5 Å². The molecule has 1 N–H and O–H groups in total. The number of carbonyl (C=O) groups is 2. The zero-order chi connectivity index (χ0) is 27.9. The lowest BCUT2D eigenvalue weighted by Gasteiger charge is -2.28. The van der Waals surface area contributed by atoms with E-state index in [4.69, 9.17) is 15.6 Å². The Morgan fingerprint density at radius 2 is 1.81 bits per heavy atom. The van der Waals surface area contributed by atoms with E-state index in [0.717, 1.165) is 17.7 Å². The molecule has 2 aromatic carbocycles. The molecule has 1 aromatic heterocycles. The van der Waals surface area contributed by atoms with Crippen molar-refractivity contribution in [3.8, 4) is 17.1 Å². The van der Waals surface area contributed by atoms with Crippen molar-refractivity contribution < 1.29 is 38.4 Å². The second kappa shape index (κ2) is 12.5. The van der Waals surface area contributed by atoms with Gasteiger partial charge in [0.15, 0.2) is 0 Å². The topological polar surface area (TPSA) is 80.0 Å². The lowest BCUT2D eigenvalue weighted by Crippen LogP contribution is -2.36. The number of amides is 1. The van der Waals surface area contributed by atoms with Crippen molar-refractivity contribution in [1.29, 1.82) is 0 Å². The van der Waals surface area contributed by atoms with Crippen molar-refractivity contribution in [3.05, 3.63) is 77.6 Å². The molecule has 37 heavy (non-hydrogen) atoms. The number of carboxylic acid groups (broad SMARTS) is 1. The molecule has 9 heteroatoms. The molecule has 0 radical (unpaired) electrons. The monoisotopic (exact) mass is 518 g/mol. The summed E-state index contributed by atoms with van der Waals surface area (Å²) in [4.78, 5) is 25.3. The van der Waals surface area contributed by atoms with Gasteiger partial charge in [0.1, 0.15) is 11.5 Å². The van der Waals surface area contributed by atoms with Crippen molar-refractivity contribution in [3.63, 3.8) is 0 Å². The highest BCUT2D eigenvalue weighted by molar-refractivity contribution is 5.94. The van der Waals surface area contributed by atoms with Crippen molar-refractivity contribution >= 4 is 11.9 Å². The van der Waals surface area contributed by atoms with Crippen LogP contribution < -0.4 is 4.74 Å². The molecule has 0 bridgehead atoms. The van der Waals surface area contributed by atoms with E-state index in [1.54, 1.807) is 36.4 Å². The largest absolute Gasteiger partial charge is 0.493 e.